The summed E-state index contributed by atoms with van der Waals surface area (Å²) in [6.45, 7) is 1.44. The molecule has 0 aliphatic heterocycles. The van der Waals surface area contributed by atoms with Crippen LogP contribution in [-0.2, 0) is 7.05 Å². The Balaban J connectivity index is 2.83. The number of rotatable bonds is 2. The summed E-state index contributed by atoms with van der Waals surface area (Å²) in [6.07, 6.45) is 0. The van der Waals surface area contributed by atoms with Crippen molar-refractivity contribution in [3.05, 3.63) is 56.2 Å². The maximum absolute atomic E-state index is 13.6. The molecule has 0 aliphatic carbocycles. The fraction of sp³-hybridized carbons (Fsp3) is 0.182. The Morgan fingerprint density at radius 3 is 2.44 bits per heavy atom. The number of nitrogens with zero attached hydrogens (tertiary/aromatic N) is 3. The summed E-state index contributed by atoms with van der Waals surface area (Å²) < 4.78 is 15.8. The highest BCUT2D eigenvalue weighted by atomic mass is 19.1. The molecule has 1 aromatic carbocycles. The molecule has 0 spiro atoms. The van der Waals surface area contributed by atoms with Gasteiger partial charge in [-0.15, -0.1) is 0 Å². The van der Waals surface area contributed by atoms with Crippen LogP contribution in [0.3, 0.4) is 0 Å². The summed E-state index contributed by atoms with van der Waals surface area (Å²) in [5.41, 5.74) is -1.22. The molecule has 18 heavy (non-hydrogen) atoms. The molecule has 0 unspecified atom stereocenters. The van der Waals surface area contributed by atoms with Crippen molar-refractivity contribution in [1.29, 1.82) is 0 Å². The first kappa shape index (κ1) is 12.0. The Labute approximate surface area is 101 Å². The molecule has 1 aromatic heterocycles. The summed E-state index contributed by atoms with van der Waals surface area (Å²) in [4.78, 5) is 22.0. The second-order valence-corrected chi connectivity index (χ2v) is 3.78. The first-order valence-electron chi connectivity index (χ1n) is 5.13. The normalized spacial score (nSPS) is 10.6. The molecule has 7 heteroatoms. The van der Waals surface area contributed by atoms with E-state index in [9.17, 15) is 19.3 Å². The van der Waals surface area contributed by atoms with Gasteiger partial charge in [0.15, 0.2) is 0 Å². The molecule has 94 valence electrons. The van der Waals surface area contributed by atoms with Crippen molar-refractivity contribution < 1.29 is 9.31 Å². The van der Waals surface area contributed by atoms with Gasteiger partial charge in [0.25, 0.3) is 0 Å². The van der Waals surface area contributed by atoms with Gasteiger partial charge in [-0.05, 0) is 19.1 Å². The van der Waals surface area contributed by atoms with Crippen LogP contribution in [0.2, 0.25) is 0 Å². The number of hydrogen-bond acceptors (Lipinski definition) is 3. The minimum Gasteiger partial charge on any atom is -0.278 e. The van der Waals surface area contributed by atoms with E-state index in [2.05, 4.69) is 0 Å². The monoisotopic (exact) mass is 251 g/mol. The third-order valence-corrected chi connectivity index (χ3v) is 2.79. The fourth-order valence-corrected chi connectivity index (χ4v) is 1.80. The van der Waals surface area contributed by atoms with Crippen LogP contribution in [0.1, 0.15) is 5.69 Å². The minimum atomic E-state index is -0.842. The zero-order valence-corrected chi connectivity index (χ0v) is 9.75. The fourth-order valence-electron chi connectivity index (χ4n) is 1.80. The van der Waals surface area contributed by atoms with Gasteiger partial charge in [0.1, 0.15) is 17.2 Å². The zero-order chi connectivity index (χ0) is 13.4. The van der Waals surface area contributed by atoms with E-state index in [-0.39, 0.29) is 11.4 Å². The summed E-state index contributed by atoms with van der Waals surface area (Å²) in [5.74, 6) is -0.616. The maximum atomic E-state index is 13.6. The van der Waals surface area contributed by atoms with Gasteiger partial charge in [-0.3, -0.25) is 19.6 Å². The van der Waals surface area contributed by atoms with Gasteiger partial charge in [-0.2, -0.15) is 0 Å². The third-order valence-electron chi connectivity index (χ3n) is 2.79. The van der Waals surface area contributed by atoms with Gasteiger partial charge in [0.05, 0.1) is 4.92 Å². The average Bonchev–Trinajstić information content (AvgIpc) is 2.52. The number of halogens is 1. The van der Waals surface area contributed by atoms with Gasteiger partial charge >= 0.3 is 11.2 Å². The predicted octanol–water partition coefficient (Wildman–Crippen LogP) is 1.53. The van der Waals surface area contributed by atoms with Crippen LogP contribution in [0.15, 0.2) is 29.1 Å². The lowest BCUT2D eigenvalue weighted by Crippen LogP contribution is -2.21. The van der Waals surface area contributed by atoms with Gasteiger partial charge in [-0.1, -0.05) is 12.1 Å². The predicted molar refractivity (Wildman–Crippen MR) is 62.4 cm³/mol. The number of benzene rings is 1. The van der Waals surface area contributed by atoms with Crippen LogP contribution in [0.4, 0.5) is 10.1 Å². The molecule has 0 fully saturated rings. The number of nitro groups is 1. The molecule has 2 rings (SSSR count). The number of hydrogen-bond donors (Lipinski definition) is 0. The molecular formula is C11H10FN3O3. The molecule has 1 heterocycles. The number of para-hydroxylation sites is 1. The lowest BCUT2D eigenvalue weighted by molar-refractivity contribution is -0.386. The van der Waals surface area contributed by atoms with Crippen molar-refractivity contribution >= 4 is 5.69 Å². The molecular weight excluding hydrogens is 241 g/mol. The zero-order valence-electron chi connectivity index (χ0n) is 9.75. The summed E-state index contributed by atoms with van der Waals surface area (Å²) in [7, 11) is 1.47. The van der Waals surface area contributed by atoms with E-state index in [1.807, 2.05) is 0 Å². The minimum absolute atomic E-state index is 0.0128. The number of aromatic nitrogens is 2. The SMILES string of the molecule is Cc1c([N+](=O)[O-])c(=O)n(-c2ccccc2F)n1C. The van der Waals surface area contributed by atoms with E-state index in [0.29, 0.717) is 0 Å². The molecule has 0 saturated heterocycles. The Morgan fingerprint density at radius 1 is 1.33 bits per heavy atom. The summed E-state index contributed by atoms with van der Waals surface area (Å²) >= 11 is 0. The van der Waals surface area contributed by atoms with Crippen LogP contribution >= 0.6 is 0 Å². The van der Waals surface area contributed by atoms with E-state index in [4.69, 9.17) is 0 Å². The Kier molecular flexibility index (Phi) is 2.74. The Bertz CT molecular complexity index is 687. The third kappa shape index (κ3) is 1.60. The first-order chi connectivity index (χ1) is 8.45. The highest BCUT2D eigenvalue weighted by Crippen LogP contribution is 2.17. The molecule has 0 saturated carbocycles. The Hall–Kier alpha value is -2.44. The van der Waals surface area contributed by atoms with Crippen molar-refractivity contribution in [2.75, 3.05) is 0 Å². The quantitative estimate of drug-likeness (QED) is 0.600. The van der Waals surface area contributed by atoms with Crippen molar-refractivity contribution in [1.82, 2.24) is 9.36 Å². The van der Waals surface area contributed by atoms with Gasteiger partial charge in [0, 0.05) is 7.05 Å². The largest absolute Gasteiger partial charge is 0.356 e. The van der Waals surface area contributed by atoms with E-state index in [1.165, 1.54) is 36.9 Å². The molecule has 2 aromatic rings. The molecule has 0 radical (unpaired) electrons. The van der Waals surface area contributed by atoms with Crippen molar-refractivity contribution in [2.45, 2.75) is 6.92 Å². The Morgan fingerprint density at radius 2 is 1.94 bits per heavy atom. The first-order valence-corrected chi connectivity index (χ1v) is 5.13. The van der Waals surface area contributed by atoms with E-state index in [1.54, 1.807) is 6.07 Å². The second-order valence-electron chi connectivity index (χ2n) is 3.78. The lowest BCUT2D eigenvalue weighted by Gasteiger charge is -2.07. The van der Waals surface area contributed by atoms with Crippen LogP contribution in [-0.4, -0.2) is 14.3 Å². The maximum Gasteiger partial charge on any atom is 0.356 e. The smallest absolute Gasteiger partial charge is 0.278 e. The second kappa shape index (κ2) is 4.10. The molecule has 0 amide bonds. The molecule has 0 atom stereocenters. The highest BCUT2D eigenvalue weighted by molar-refractivity contribution is 5.40. The van der Waals surface area contributed by atoms with Gasteiger partial charge in [0.2, 0.25) is 0 Å². The van der Waals surface area contributed by atoms with Gasteiger partial charge < -0.3 is 0 Å². The molecule has 0 N–H and O–H groups in total. The van der Waals surface area contributed by atoms with Crippen molar-refractivity contribution in [3.8, 4) is 5.69 Å². The molecule has 0 bridgehead atoms. The topological polar surface area (TPSA) is 70.1 Å². The van der Waals surface area contributed by atoms with Crippen LogP contribution in [0.25, 0.3) is 5.69 Å². The average molecular weight is 251 g/mol. The highest BCUT2D eigenvalue weighted by Gasteiger charge is 2.26. The van der Waals surface area contributed by atoms with E-state index < -0.39 is 22.0 Å². The van der Waals surface area contributed by atoms with Crippen LogP contribution in [0, 0.1) is 22.9 Å². The van der Waals surface area contributed by atoms with E-state index >= 15 is 0 Å². The van der Waals surface area contributed by atoms with Crippen molar-refractivity contribution in [2.24, 2.45) is 7.05 Å². The van der Waals surface area contributed by atoms with Crippen LogP contribution < -0.4 is 5.56 Å². The summed E-state index contributed by atoms with van der Waals surface area (Å²) in [6, 6.07) is 5.61. The molecule has 6 nitrogen and oxygen atoms in total. The summed E-state index contributed by atoms with van der Waals surface area (Å²) in [5, 5.41) is 10.8. The molecule has 0 aliphatic rings. The van der Waals surface area contributed by atoms with E-state index in [0.717, 1.165) is 4.68 Å². The van der Waals surface area contributed by atoms with Crippen LogP contribution in [0.5, 0.6) is 0 Å². The van der Waals surface area contributed by atoms with Crippen molar-refractivity contribution in [3.63, 3.8) is 0 Å². The van der Waals surface area contributed by atoms with Gasteiger partial charge in [-0.25, -0.2) is 9.07 Å². The lowest BCUT2D eigenvalue weighted by atomic mass is 10.3. The standard InChI is InChI=1S/C11H10FN3O3/c1-7-10(15(17)18)11(16)14(13(7)2)9-6-4-3-5-8(9)12/h3-6H,1-2H3.